The van der Waals surface area contributed by atoms with Gasteiger partial charge in [-0.05, 0) is 24.4 Å². The molecule has 18 heavy (non-hydrogen) atoms. The highest BCUT2D eigenvalue weighted by Gasteiger charge is 2.22. The van der Waals surface area contributed by atoms with E-state index < -0.39 is 4.92 Å². The number of imidazole rings is 1. The molecule has 8 heteroatoms. The Morgan fingerprint density at radius 3 is 3.11 bits per heavy atom. The lowest BCUT2D eigenvalue weighted by molar-refractivity contribution is -0.389. The number of aromatic nitrogens is 2. The van der Waals surface area contributed by atoms with Crippen molar-refractivity contribution in [3.05, 3.63) is 21.7 Å². The fourth-order valence-electron chi connectivity index (χ4n) is 1.66. The summed E-state index contributed by atoms with van der Waals surface area (Å²) in [6.45, 7) is 4.53. The number of rotatable bonds is 7. The second-order valence-corrected chi connectivity index (χ2v) is 4.60. The predicted molar refractivity (Wildman–Crippen MR) is 71.4 cm³/mol. The molecule has 2 rings (SSSR count). The van der Waals surface area contributed by atoms with Crippen molar-refractivity contribution in [1.82, 2.24) is 14.7 Å². The Morgan fingerprint density at radius 2 is 2.39 bits per heavy atom. The highest BCUT2D eigenvalue weighted by atomic mass is 32.1. The Balaban J connectivity index is 2.05. The molecule has 0 bridgehead atoms. The summed E-state index contributed by atoms with van der Waals surface area (Å²) >= 11 is 1.38. The monoisotopic (exact) mass is 269 g/mol. The first-order valence-electron chi connectivity index (χ1n) is 5.78. The summed E-state index contributed by atoms with van der Waals surface area (Å²) in [6, 6.07) is 0. The van der Waals surface area contributed by atoms with Crippen molar-refractivity contribution >= 4 is 27.9 Å². The van der Waals surface area contributed by atoms with Crippen LogP contribution in [0.4, 0.5) is 11.6 Å². The molecule has 0 radical (unpaired) electrons. The van der Waals surface area contributed by atoms with Crippen molar-refractivity contribution in [3.8, 4) is 0 Å². The van der Waals surface area contributed by atoms with Crippen LogP contribution in [0, 0.1) is 10.1 Å². The molecule has 2 aromatic heterocycles. The highest BCUT2D eigenvalue weighted by molar-refractivity contribution is 7.15. The molecule has 0 aromatic carbocycles. The van der Waals surface area contributed by atoms with Crippen LogP contribution in [-0.4, -0.2) is 33.9 Å². The van der Waals surface area contributed by atoms with E-state index in [1.807, 2.05) is 6.92 Å². The minimum Gasteiger partial charge on any atom is -0.363 e. The molecule has 2 heterocycles. The molecule has 0 saturated carbocycles. The van der Waals surface area contributed by atoms with Gasteiger partial charge in [-0.15, -0.1) is 0 Å². The van der Waals surface area contributed by atoms with Crippen molar-refractivity contribution in [1.29, 1.82) is 0 Å². The van der Waals surface area contributed by atoms with Crippen LogP contribution in [0.5, 0.6) is 0 Å². The van der Waals surface area contributed by atoms with Gasteiger partial charge in [0.25, 0.3) is 4.96 Å². The minimum absolute atomic E-state index is 0.00898. The van der Waals surface area contributed by atoms with Crippen LogP contribution in [-0.2, 0) is 0 Å². The average Bonchev–Trinajstić information content (AvgIpc) is 2.87. The predicted octanol–water partition coefficient (Wildman–Crippen LogP) is 1.72. The fourth-order valence-corrected chi connectivity index (χ4v) is 2.37. The zero-order chi connectivity index (χ0) is 13.0. The quantitative estimate of drug-likeness (QED) is 0.454. The maximum absolute atomic E-state index is 11.0. The first-order chi connectivity index (χ1) is 8.74. The first-order valence-corrected chi connectivity index (χ1v) is 6.66. The number of hydrogen-bond donors (Lipinski definition) is 2. The van der Waals surface area contributed by atoms with Crippen LogP contribution in [0.15, 0.2) is 11.6 Å². The second kappa shape index (κ2) is 5.78. The van der Waals surface area contributed by atoms with Crippen molar-refractivity contribution in [3.63, 3.8) is 0 Å². The van der Waals surface area contributed by atoms with Crippen LogP contribution in [0.25, 0.3) is 4.96 Å². The largest absolute Gasteiger partial charge is 0.372 e. The lowest BCUT2D eigenvalue weighted by atomic mass is 10.4. The third-order valence-electron chi connectivity index (χ3n) is 2.48. The Bertz CT molecular complexity index is 535. The number of thiazole rings is 1. The third-order valence-corrected chi connectivity index (χ3v) is 3.24. The molecule has 2 aromatic rings. The Hall–Kier alpha value is -1.67. The normalized spacial score (nSPS) is 10.9. The van der Waals surface area contributed by atoms with E-state index in [2.05, 4.69) is 15.6 Å². The maximum atomic E-state index is 11.0. The first kappa shape index (κ1) is 12.8. The molecule has 0 amide bonds. The van der Waals surface area contributed by atoms with Gasteiger partial charge < -0.3 is 20.7 Å². The number of nitrogens with one attached hydrogen (secondary N) is 2. The van der Waals surface area contributed by atoms with E-state index in [-0.39, 0.29) is 5.82 Å². The average molecular weight is 269 g/mol. The van der Waals surface area contributed by atoms with Crippen LogP contribution in [0.2, 0.25) is 0 Å². The summed E-state index contributed by atoms with van der Waals surface area (Å²) < 4.78 is 1.50. The molecule has 0 spiro atoms. The molecular weight excluding hydrogens is 254 g/mol. The molecule has 98 valence electrons. The summed E-state index contributed by atoms with van der Waals surface area (Å²) in [6.07, 6.45) is 2.56. The highest BCUT2D eigenvalue weighted by Crippen LogP contribution is 2.27. The van der Waals surface area contributed by atoms with Crippen molar-refractivity contribution in [2.24, 2.45) is 0 Å². The minimum atomic E-state index is -0.403. The smallest absolute Gasteiger partial charge is 0.363 e. The third kappa shape index (κ3) is 2.59. The summed E-state index contributed by atoms with van der Waals surface area (Å²) in [4.78, 5) is 15.5. The molecule has 0 aliphatic heterocycles. The lowest BCUT2D eigenvalue weighted by Crippen LogP contribution is -2.17. The molecule has 0 atom stereocenters. The number of nitrogens with zero attached hydrogens (tertiary/aromatic N) is 3. The number of anilines is 1. The summed E-state index contributed by atoms with van der Waals surface area (Å²) in [5.41, 5.74) is 0. The van der Waals surface area contributed by atoms with Crippen LogP contribution in [0.3, 0.4) is 0 Å². The van der Waals surface area contributed by atoms with Crippen molar-refractivity contribution < 1.29 is 4.92 Å². The second-order valence-electron chi connectivity index (χ2n) is 3.73. The van der Waals surface area contributed by atoms with Gasteiger partial charge in [0, 0.05) is 11.9 Å². The zero-order valence-corrected chi connectivity index (χ0v) is 10.9. The van der Waals surface area contributed by atoms with E-state index in [4.69, 9.17) is 0 Å². The van der Waals surface area contributed by atoms with Gasteiger partial charge in [-0.25, -0.2) is 0 Å². The van der Waals surface area contributed by atoms with Crippen LogP contribution >= 0.6 is 11.3 Å². The van der Waals surface area contributed by atoms with Gasteiger partial charge in [0.15, 0.2) is 0 Å². The number of fused-ring (bicyclic) bond motifs is 1. The van der Waals surface area contributed by atoms with Crippen molar-refractivity contribution in [2.75, 3.05) is 25.0 Å². The van der Waals surface area contributed by atoms with Crippen LogP contribution < -0.4 is 10.6 Å². The Morgan fingerprint density at radius 1 is 1.56 bits per heavy atom. The van der Waals surface area contributed by atoms with E-state index in [0.29, 0.717) is 17.3 Å². The Kier molecular flexibility index (Phi) is 4.11. The zero-order valence-electron chi connectivity index (χ0n) is 10.0. The lowest BCUT2D eigenvalue weighted by Gasteiger charge is -2.03. The van der Waals surface area contributed by atoms with Gasteiger partial charge in [0.2, 0.25) is 5.82 Å². The molecule has 0 fully saturated rings. The van der Waals surface area contributed by atoms with E-state index in [9.17, 15) is 10.1 Å². The molecule has 7 nitrogen and oxygen atoms in total. The summed E-state index contributed by atoms with van der Waals surface area (Å²) in [5.74, 6) is 0.359. The maximum Gasteiger partial charge on any atom is 0.372 e. The molecule has 0 aliphatic rings. The molecule has 0 unspecified atom stereocenters. The van der Waals surface area contributed by atoms with Gasteiger partial charge in [-0.1, -0.05) is 18.3 Å². The van der Waals surface area contributed by atoms with Crippen molar-refractivity contribution in [2.45, 2.75) is 13.3 Å². The molecule has 0 saturated heterocycles. The van der Waals surface area contributed by atoms with E-state index >= 15 is 0 Å². The summed E-state index contributed by atoms with van der Waals surface area (Å²) in [7, 11) is 0. The Labute approximate surface area is 108 Å². The number of hydrogen-bond acceptors (Lipinski definition) is 6. The standard InChI is InChI=1S/C10H15N5O2S/c1-2-11-4-3-5-12-8-9(15(16)17)14-6-7-18-10(14)13-8/h6-7,11-12H,2-5H2,1H3. The molecular formula is C10H15N5O2S. The van der Waals surface area contributed by atoms with Gasteiger partial charge >= 0.3 is 5.82 Å². The molecule has 2 N–H and O–H groups in total. The van der Waals surface area contributed by atoms with Gasteiger partial charge in [0.1, 0.15) is 6.20 Å². The van der Waals surface area contributed by atoms with E-state index in [0.717, 1.165) is 19.5 Å². The van der Waals surface area contributed by atoms with Gasteiger partial charge in [-0.2, -0.15) is 9.38 Å². The van der Waals surface area contributed by atoms with E-state index in [1.54, 1.807) is 11.6 Å². The van der Waals surface area contributed by atoms with Crippen LogP contribution in [0.1, 0.15) is 13.3 Å². The summed E-state index contributed by atoms with van der Waals surface area (Å²) in [5, 5.41) is 19.0. The fraction of sp³-hybridized carbons (Fsp3) is 0.500. The SMILES string of the molecule is CCNCCCNc1nc2sccn2c1[N+](=O)[O-]. The molecule has 0 aliphatic carbocycles. The topological polar surface area (TPSA) is 84.5 Å². The van der Waals surface area contributed by atoms with Gasteiger partial charge in [0.05, 0.1) is 0 Å². The van der Waals surface area contributed by atoms with Gasteiger partial charge in [-0.3, -0.25) is 0 Å². The number of nitro groups is 1. The van der Waals surface area contributed by atoms with E-state index in [1.165, 1.54) is 15.7 Å².